The number of amides is 1. The molecule has 1 heterocycles. The summed E-state index contributed by atoms with van der Waals surface area (Å²) in [7, 11) is 3.08. The van der Waals surface area contributed by atoms with Crippen LogP contribution in [0.25, 0.3) is 11.3 Å². The molecule has 4 rings (SSSR count). The van der Waals surface area contributed by atoms with Crippen LogP contribution in [0.4, 0.5) is 14.5 Å². The predicted molar refractivity (Wildman–Crippen MR) is 219 cm³/mol. The Morgan fingerprint density at radius 3 is 2.17 bits per heavy atom. The molecule has 0 spiro atoms. The normalized spacial score (nSPS) is 10.9. The monoisotopic (exact) mass is 735 g/mol. The van der Waals surface area contributed by atoms with Crippen molar-refractivity contribution in [2.45, 2.75) is 86.7 Å². The van der Waals surface area contributed by atoms with Crippen LogP contribution in [0.15, 0.2) is 71.7 Å². The van der Waals surface area contributed by atoms with Crippen molar-refractivity contribution >= 4 is 18.3 Å². The molecule has 8 nitrogen and oxygen atoms in total. The van der Waals surface area contributed by atoms with Crippen molar-refractivity contribution in [2.75, 3.05) is 39.7 Å². The summed E-state index contributed by atoms with van der Waals surface area (Å²) < 4.78 is 30.9. The number of anilines is 1. The van der Waals surface area contributed by atoms with Crippen molar-refractivity contribution in [3.05, 3.63) is 112 Å². The van der Waals surface area contributed by atoms with Gasteiger partial charge in [-0.15, -0.1) is 0 Å². The van der Waals surface area contributed by atoms with Crippen LogP contribution < -0.4 is 21.5 Å². The van der Waals surface area contributed by atoms with Crippen molar-refractivity contribution in [3.8, 4) is 17.0 Å². The number of aliphatic hydroxyl groups is 1. The summed E-state index contributed by atoms with van der Waals surface area (Å²) in [6.45, 7) is 18.2. The van der Waals surface area contributed by atoms with Crippen molar-refractivity contribution in [1.29, 1.82) is 0 Å². The number of aliphatic imine (C=N–C) groups is 1. The Bertz CT molecular complexity index is 1660. The number of alkyl halides is 1. The van der Waals surface area contributed by atoms with Crippen LogP contribution >= 0.6 is 0 Å². The lowest BCUT2D eigenvalue weighted by atomic mass is 9.91. The van der Waals surface area contributed by atoms with E-state index in [1.807, 2.05) is 83.1 Å². The van der Waals surface area contributed by atoms with E-state index in [4.69, 9.17) is 15.5 Å². The highest BCUT2D eigenvalue weighted by Gasteiger charge is 2.20. The number of methoxy groups -OCH3 is 1. The SMILES string of the molecule is CC.CCC.CN.COc1cc(C)cc(C=NCCCF)c1N.Cc1cc(C(CNC=O)c2cccc(F)c2)nc(-c2ccc(C(C)(C)O)cc2)c1C. The van der Waals surface area contributed by atoms with Crippen LogP contribution in [0.1, 0.15) is 99.4 Å². The molecule has 1 atom stereocenters. The third kappa shape index (κ3) is 16.3. The minimum Gasteiger partial charge on any atom is -0.495 e. The minimum atomic E-state index is -0.915. The summed E-state index contributed by atoms with van der Waals surface area (Å²) in [5, 5.41) is 12.9. The Hall–Kier alpha value is -4.67. The van der Waals surface area contributed by atoms with Gasteiger partial charge >= 0.3 is 0 Å². The maximum atomic E-state index is 13.9. The van der Waals surface area contributed by atoms with Gasteiger partial charge in [0.15, 0.2) is 0 Å². The van der Waals surface area contributed by atoms with Crippen molar-refractivity contribution in [1.82, 2.24) is 10.3 Å². The third-order valence-corrected chi connectivity index (χ3v) is 7.62. The molecule has 0 radical (unpaired) electrons. The molecule has 1 unspecified atom stereocenters. The summed E-state index contributed by atoms with van der Waals surface area (Å²) in [5.41, 5.74) is 18.1. The number of benzene rings is 3. The molecular weight excluding hydrogens is 673 g/mol. The molecular formula is C43H63F2N5O3. The molecule has 0 aliphatic heterocycles. The fourth-order valence-electron chi connectivity index (χ4n) is 4.92. The number of hydrogen-bond donors (Lipinski definition) is 4. The number of aromatic nitrogens is 1. The van der Waals surface area contributed by atoms with Crippen LogP contribution in [-0.2, 0) is 10.4 Å². The molecule has 1 amide bonds. The van der Waals surface area contributed by atoms with Gasteiger partial charge in [0, 0.05) is 36.3 Å². The highest BCUT2D eigenvalue weighted by atomic mass is 19.1. The number of halogens is 2. The van der Waals surface area contributed by atoms with Gasteiger partial charge in [0.2, 0.25) is 6.41 Å². The zero-order valence-electron chi connectivity index (χ0n) is 33.7. The van der Waals surface area contributed by atoms with E-state index in [1.165, 1.54) is 25.6 Å². The number of hydrogen-bond acceptors (Lipinski definition) is 7. The van der Waals surface area contributed by atoms with E-state index in [2.05, 4.69) is 29.9 Å². The standard InChI is InChI=1S/C25H27FN2O2.C12H17FN2O.C3H8.C2H6.CH5N/c1-16-12-23(22(14-27-15-29)19-6-5-7-21(26)13-19)28-24(17(16)2)18-8-10-20(11-9-18)25(3,4)30;1-9-6-10(8-15-5-3-4-13)12(14)11(7-9)16-2;1-3-2;2*1-2/h5-13,15,22,30H,14H2,1-4H3,(H,27,29);6-8H,3-5,14H2,1-2H3;3H2,1-2H3;1-2H3;2H2,1H3. The van der Waals surface area contributed by atoms with Gasteiger partial charge in [-0.25, -0.2) is 4.39 Å². The van der Waals surface area contributed by atoms with Gasteiger partial charge in [0.1, 0.15) is 11.6 Å². The second kappa shape index (κ2) is 26.1. The van der Waals surface area contributed by atoms with Gasteiger partial charge in [-0.2, -0.15) is 0 Å². The number of rotatable bonds is 12. The summed E-state index contributed by atoms with van der Waals surface area (Å²) >= 11 is 0. The summed E-state index contributed by atoms with van der Waals surface area (Å²) in [4.78, 5) is 20.0. The first-order chi connectivity index (χ1) is 25.3. The molecule has 53 heavy (non-hydrogen) atoms. The third-order valence-electron chi connectivity index (χ3n) is 7.62. The topological polar surface area (TPSA) is 136 Å². The van der Waals surface area contributed by atoms with Crippen LogP contribution in [0.5, 0.6) is 5.75 Å². The van der Waals surface area contributed by atoms with Gasteiger partial charge in [-0.05, 0) is 106 Å². The molecule has 0 bridgehead atoms. The lowest BCUT2D eigenvalue weighted by Gasteiger charge is -2.21. The maximum absolute atomic E-state index is 13.9. The van der Waals surface area contributed by atoms with Crippen molar-refractivity contribution < 1.29 is 23.4 Å². The Morgan fingerprint density at radius 1 is 1.02 bits per heavy atom. The quantitative estimate of drug-likeness (QED) is 0.0497. The fourth-order valence-corrected chi connectivity index (χ4v) is 4.92. The molecule has 1 aromatic heterocycles. The predicted octanol–water partition coefficient (Wildman–Crippen LogP) is 8.99. The average molecular weight is 736 g/mol. The summed E-state index contributed by atoms with van der Waals surface area (Å²) in [6.07, 6.45) is 4.00. The van der Waals surface area contributed by atoms with E-state index in [0.717, 1.165) is 50.3 Å². The molecule has 0 saturated carbocycles. The number of aryl methyl sites for hydroxylation is 2. The number of carbonyl (C=O) groups is 1. The first kappa shape index (κ1) is 48.3. The lowest BCUT2D eigenvalue weighted by molar-refractivity contribution is -0.109. The van der Waals surface area contributed by atoms with E-state index in [-0.39, 0.29) is 18.4 Å². The molecule has 0 aliphatic carbocycles. The number of nitrogens with one attached hydrogen (secondary N) is 1. The fraction of sp³-hybridized carbons (Fsp3) is 0.419. The number of nitrogen functional groups attached to an aromatic ring is 1. The first-order valence-electron chi connectivity index (χ1n) is 18.1. The molecule has 0 aliphatic rings. The molecule has 0 fully saturated rings. The summed E-state index contributed by atoms with van der Waals surface area (Å²) in [5.74, 6) is 0.0430. The highest BCUT2D eigenvalue weighted by molar-refractivity contribution is 5.89. The van der Waals surface area contributed by atoms with Crippen LogP contribution in [-0.4, -0.2) is 56.6 Å². The number of pyridine rings is 1. The van der Waals surface area contributed by atoms with E-state index < -0.39 is 5.60 Å². The molecule has 10 heteroatoms. The van der Waals surface area contributed by atoms with Crippen molar-refractivity contribution in [3.63, 3.8) is 0 Å². The van der Waals surface area contributed by atoms with E-state index in [1.54, 1.807) is 33.2 Å². The molecule has 292 valence electrons. The zero-order chi connectivity index (χ0) is 40.6. The van der Waals surface area contributed by atoms with E-state index in [0.29, 0.717) is 37.4 Å². The Labute approximate surface area is 317 Å². The number of carbonyl (C=O) groups excluding carboxylic acids is 1. The minimum absolute atomic E-state index is 0.278. The van der Waals surface area contributed by atoms with Gasteiger partial charge in [0.25, 0.3) is 0 Å². The van der Waals surface area contributed by atoms with Crippen LogP contribution in [0.2, 0.25) is 0 Å². The summed E-state index contributed by atoms with van der Waals surface area (Å²) in [6, 6.07) is 19.9. The molecule has 4 aromatic rings. The number of nitrogens with two attached hydrogens (primary N) is 2. The van der Waals surface area contributed by atoms with E-state index in [9.17, 15) is 18.7 Å². The van der Waals surface area contributed by atoms with Gasteiger partial charge in [-0.1, -0.05) is 70.5 Å². The zero-order valence-corrected chi connectivity index (χ0v) is 33.7. The van der Waals surface area contributed by atoms with E-state index >= 15 is 0 Å². The largest absolute Gasteiger partial charge is 0.495 e. The van der Waals surface area contributed by atoms with Crippen molar-refractivity contribution in [2.24, 2.45) is 10.7 Å². The lowest BCUT2D eigenvalue weighted by Crippen LogP contribution is -2.22. The molecule has 0 saturated heterocycles. The second-order valence-corrected chi connectivity index (χ2v) is 12.4. The Kier molecular flexibility index (Phi) is 23.8. The Balaban J connectivity index is 0.000000990. The van der Waals surface area contributed by atoms with Gasteiger partial charge in [0.05, 0.1) is 36.5 Å². The van der Waals surface area contributed by atoms with Gasteiger partial charge < -0.3 is 26.6 Å². The van der Waals surface area contributed by atoms with Gasteiger partial charge in [-0.3, -0.25) is 19.2 Å². The molecule has 3 aromatic carbocycles. The second-order valence-electron chi connectivity index (χ2n) is 12.4. The first-order valence-corrected chi connectivity index (χ1v) is 18.1. The highest BCUT2D eigenvalue weighted by Crippen LogP contribution is 2.31. The number of ether oxygens (including phenoxy) is 1. The van der Waals surface area contributed by atoms with Crippen LogP contribution in [0, 0.1) is 26.6 Å². The maximum Gasteiger partial charge on any atom is 0.207 e. The van der Waals surface area contributed by atoms with Crippen LogP contribution in [0.3, 0.4) is 0 Å². The average Bonchev–Trinajstić information content (AvgIpc) is 3.15. The number of nitrogens with zero attached hydrogens (tertiary/aromatic N) is 2. The Morgan fingerprint density at radius 2 is 1.64 bits per heavy atom. The smallest absolute Gasteiger partial charge is 0.207 e. The molecule has 6 N–H and O–H groups in total.